The van der Waals surface area contributed by atoms with E-state index in [1.165, 1.54) is 19.3 Å². The first-order valence-corrected chi connectivity index (χ1v) is 9.80. The minimum absolute atomic E-state index is 0.0139. The minimum Gasteiger partial charge on any atom is -0.455 e. The smallest absolute Gasteiger partial charge is 0.416 e. The number of aliphatic hydroxyl groups excluding tert-OH is 1. The summed E-state index contributed by atoms with van der Waals surface area (Å²) in [7, 11) is 0. The molecule has 1 atom stereocenters. The Kier molecular flexibility index (Phi) is 5.82. The third kappa shape index (κ3) is 4.82. The van der Waals surface area contributed by atoms with Crippen molar-refractivity contribution in [2.24, 2.45) is 0 Å². The molecule has 1 aliphatic rings. The normalized spacial score (nSPS) is 19.1. The Balaban J connectivity index is 1.49. The van der Waals surface area contributed by atoms with Crippen LogP contribution in [-0.2, 0) is 0 Å². The Hall–Kier alpha value is -3.48. The average Bonchev–Trinajstić information content (AvgIpc) is 3.02. The number of fused-ring (bicyclic) bond motifs is 1. The Labute approximate surface area is 183 Å². The summed E-state index contributed by atoms with van der Waals surface area (Å²) in [6.07, 6.45) is -1.90. The van der Waals surface area contributed by atoms with Crippen LogP contribution in [0.2, 0.25) is 0 Å². The fourth-order valence-electron chi connectivity index (χ4n) is 3.49. The molecule has 0 radical (unpaired) electrons. The van der Waals surface area contributed by atoms with Crippen molar-refractivity contribution >= 4 is 28.6 Å². The molecule has 13 heteroatoms. The van der Waals surface area contributed by atoms with Gasteiger partial charge in [0, 0.05) is 23.1 Å². The first-order chi connectivity index (χ1) is 15.5. The van der Waals surface area contributed by atoms with Gasteiger partial charge in [-0.05, 0) is 25.8 Å². The van der Waals surface area contributed by atoms with Gasteiger partial charge < -0.3 is 25.5 Å². The van der Waals surface area contributed by atoms with Crippen molar-refractivity contribution in [3.05, 3.63) is 47.5 Å². The highest BCUT2D eigenvalue weighted by Gasteiger charge is 2.45. The van der Waals surface area contributed by atoms with E-state index in [9.17, 15) is 31.9 Å². The number of aryl methyl sites for hydroxylation is 1. The van der Waals surface area contributed by atoms with E-state index in [2.05, 4.69) is 20.6 Å². The zero-order valence-electron chi connectivity index (χ0n) is 17.0. The number of rotatable bonds is 5. The molecule has 8 nitrogen and oxygen atoms in total. The molecule has 1 unspecified atom stereocenters. The SMILES string of the molecule is Cc1c(C(NC(=O)Nc2cnc(NC3CC(O)C3)nc2)C(F)(F)F)oc2c(F)cc(F)cc12. The van der Waals surface area contributed by atoms with E-state index in [1.807, 2.05) is 0 Å². The van der Waals surface area contributed by atoms with Crippen LogP contribution in [-0.4, -0.2) is 39.4 Å². The van der Waals surface area contributed by atoms with E-state index in [1.54, 1.807) is 5.32 Å². The van der Waals surface area contributed by atoms with Crippen molar-refractivity contribution in [1.29, 1.82) is 0 Å². The maximum atomic E-state index is 14.0. The highest BCUT2D eigenvalue weighted by Crippen LogP contribution is 2.39. The quantitative estimate of drug-likeness (QED) is 0.416. The fourth-order valence-corrected chi connectivity index (χ4v) is 3.49. The monoisotopic (exact) mass is 471 g/mol. The summed E-state index contributed by atoms with van der Waals surface area (Å²) in [6, 6.07) is -2.51. The molecule has 0 saturated heterocycles. The number of urea groups is 1. The lowest BCUT2D eigenvalue weighted by Crippen LogP contribution is -2.40. The molecule has 176 valence electrons. The van der Waals surface area contributed by atoms with Crippen molar-refractivity contribution in [2.45, 2.75) is 44.1 Å². The first kappa shape index (κ1) is 22.7. The third-order valence-corrected chi connectivity index (χ3v) is 5.22. The maximum absolute atomic E-state index is 14.0. The van der Waals surface area contributed by atoms with E-state index in [0.29, 0.717) is 18.9 Å². The molecule has 0 spiro atoms. The lowest BCUT2D eigenvalue weighted by molar-refractivity contribution is -0.158. The van der Waals surface area contributed by atoms with Gasteiger partial charge in [-0.1, -0.05) is 0 Å². The zero-order valence-corrected chi connectivity index (χ0v) is 17.0. The van der Waals surface area contributed by atoms with Gasteiger partial charge in [-0.25, -0.2) is 23.5 Å². The number of benzene rings is 1. The van der Waals surface area contributed by atoms with Crippen LogP contribution in [0.5, 0.6) is 0 Å². The standard InChI is InChI=1S/C20H18F5N5O3/c1-8-13-2-9(21)3-14(22)16(13)33-15(8)17(20(23,24)25)30-19(32)29-11-6-26-18(27-7-11)28-10-4-12(31)5-10/h2-3,6-7,10,12,17,31H,4-5H2,1H3,(H,26,27,28)(H2,29,30,32). The number of halogens is 5. The predicted molar refractivity (Wildman–Crippen MR) is 107 cm³/mol. The van der Waals surface area contributed by atoms with E-state index in [-0.39, 0.29) is 34.7 Å². The molecular formula is C20H18F5N5O3. The summed E-state index contributed by atoms with van der Waals surface area (Å²) < 4.78 is 73.6. The summed E-state index contributed by atoms with van der Waals surface area (Å²) >= 11 is 0. The molecule has 1 saturated carbocycles. The maximum Gasteiger partial charge on any atom is 0.416 e. The van der Waals surface area contributed by atoms with E-state index < -0.39 is 41.2 Å². The Morgan fingerprint density at radius 3 is 2.48 bits per heavy atom. The first-order valence-electron chi connectivity index (χ1n) is 9.80. The number of amides is 2. The van der Waals surface area contributed by atoms with Crippen LogP contribution < -0.4 is 16.0 Å². The second-order valence-corrected chi connectivity index (χ2v) is 7.69. The highest BCUT2D eigenvalue weighted by molar-refractivity contribution is 5.89. The molecule has 33 heavy (non-hydrogen) atoms. The van der Waals surface area contributed by atoms with Crippen LogP contribution in [0, 0.1) is 18.6 Å². The van der Waals surface area contributed by atoms with Gasteiger partial charge in [0.05, 0.1) is 24.2 Å². The number of carbonyl (C=O) groups excluding carboxylic acids is 1. The summed E-state index contributed by atoms with van der Waals surface area (Å²) in [5.41, 5.74) is -0.691. The average molecular weight is 471 g/mol. The molecule has 3 aromatic rings. The number of furan rings is 1. The molecule has 1 fully saturated rings. The molecular weight excluding hydrogens is 453 g/mol. The van der Waals surface area contributed by atoms with Gasteiger partial charge in [0.25, 0.3) is 0 Å². The van der Waals surface area contributed by atoms with Crippen molar-refractivity contribution < 1.29 is 36.3 Å². The topological polar surface area (TPSA) is 112 Å². The molecule has 2 amide bonds. The third-order valence-electron chi connectivity index (χ3n) is 5.22. The summed E-state index contributed by atoms with van der Waals surface area (Å²) in [4.78, 5) is 20.2. The van der Waals surface area contributed by atoms with Crippen molar-refractivity contribution in [3.63, 3.8) is 0 Å². The number of nitrogens with zero attached hydrogens (tertiary/aromatic N) is 2. The van der Waals surface area contributed by atoms with E-state index in [0.717, 1.165) is 6.07 Å². The van der Waals surface area contributed by atoms with Gasteiger partial charge in [-0.2, -0.15) is 13.2 Å². The minimum atomic E-state index is -5.00. The number of anilines is 2. The molecule has 2 heterocycles. The molecule has 4 rings (SSSR count). The van der Waals surface area contributed by atoms with Crippen molar-refractivity contribution in [1.82, 2.24) is 15.3 Å². The Morgan fingerprint density at radius 2 is 1.88 bits per heavy atom. The summed E-state index contributed by atoms with van der Waals surface area (Å²) in [5, 5.41) is 16.0. The van der Waals surface area contributed by atoms with Crippen molar-refractivity contribution in [2.75, 3.05) is 10.6 Å². The number of hydrogen-bond donors (Lipinski definition) is 4. The lowest BCUT2D eigenvalue weighted by atomic mass is 9.90. The molecule has 0 bridgehead atoms. The Bertz CT molecular complexity index is 1180. The van der Waals surface area contributed by atoms with Crippen LogP contribution in [0.15, 0.2) is 28.9 Å². The Morgan fingerprint density at radius 1 is 1.21 bits per heavy atom. The van der Waals surface area contributed by atoms with Crippen molar-refractivity contribution in [3.8, 4) is 0 Å². The van der Waals surface area contributed by atoms with Gasteiger partial charge in [0.1, 0.15) is 11.6 Å². The molecule has 1 aliphatic carbocycles. The number of aliphatic hydroxyl groups is 1. The van der Waals surface area contributed by atoms with Crippen LogP contribution in [0.1, 0.15) is 30.2 Å². The predicted octanol–water partition coefficient (Wildman–Crippen LogP) is 4.17. The van der Waals surface area contributed by atoms with Crippen LogP contribution >= 0.6 is 0 Å². The van der Waals surface area contributed by atoms with Gasteiger partial charge in [-0.15, -0.1) is 0 Å². The summed E-state index contributed by atoms with van der Waals surface area (Å²) in [5.74, 6) is -2.67. The van der Waals surface area contributed by atoms with Gasteiger partial charge in [-0.3, -0.25) is 0 Å². The zero-order chi connectivity index (χ0) is 23.9. The second-order valence-electron chi connectivity index (χ2n) is 7.69. The second kappa shape index (κ2) is 8.46. The number of aromatic nitrogens is 2. The van der Waals surface area contributed by atoms with Gasteiger partial charge in [0.2, 0.25) is 5.95 Å². The van der Waals surface area contributed by atoms with Crippen LogP contribution in [0.25, 0.3) is 11.0 Å². The van der Waals surface area contributed by atoms with E-state index >= 15 is 0 Å². The number of alkyl halides is 3. The van der Waals surface area contributed by atoms with Crippen LogP contribution in [0.3, 0.4) is 0 Å². The molecule has 1 aromatic carbocycles. The van der Waals surface area contributed by atoms with E-state index in [4.69, 9.17) is 4.42 Å². The largest absolute Gasteiger partial charge is 0.455 e. The molecule has 4 N–H and O–H groups in total. The fraction of sp³-hybridized carbons (Fsp3) is 0.350. The molecule has 0 aliphatic heterocycles. The van der Waals surface area contributed by atoms with Crippen LogP contribution in [0.4, 0.5) is 38.4 Å². The molecule has 2 aromatic heterocycles. The summed E-state index contributed by atoms with van der Waals surface area (Å²) in [6.45, 7) is 1.21. The number of hydrogen-bond acceptors (Lipinski definition) is 6. The number of nitrogens with one attached hydrogen (secondary N) is 3. The highest BCUT2D eigenvalue weighted by atomic mass is 19.4. The van der Waals surface area contributed by atoms with Gasteiger partial charge >= 0.3 is 12.2 Å². The van der Waals surface area contributed by atoms with Gasteiger partial charge in [0.15, 0.2) is 17.4 Å². The number of carbonyl (C=O) groups is 1. The lowest BCUT2D eigenvalue weighted by Gasteiger charge is -2.31.